The number of anilines is 1. The molecule has 0 saturated carbocycles. The normalized spacial score (nSPS) is 12.5. The lowest BCUT2D eigenvalue weighted by molar-refractivity contribution is 0.0470. The number of imide groups is 1. The lowest BCUT2D eigenvalue weighted by Crippen LogP contribution is -2.29. The fraction of sp³-hybridized carbons (Fsp3) is 0.120. The molecule has 0 radical (unpaired) electrons. The Bertz CT molecular complexity index is 1300. The molecule has 0 N–H and O–H groups in total. The Morgan fingerprint density at radius 3 is 2.21 bits per heavy atom. The Balaban J connectivity index is 1.55. The van der Waals surface area contributed by atoms with E-state index in [1.165, 1.54) is 32.2 Å². The predicted molar refractivity (Wildman–Crippen MR) is 121 cm³/mol. The molecule has 0 aromatic heterocycles. The fourth-order valence-electron chi connectivity index (χ4n) is 3.53. The summed E-state index contributed by atoms with van der Waals surface area (Å²) in [5, 5.41) is 0.478. The van der Waals surface area contributed by atoms with Crippen LogP contribution in [0.15, 0.2) is 60.7 Å². The first-order valence-corrected chi connectivity index (χ1v) is 10.3. The van der Waals surface area contributed by atoms with Gasteiger partial charge in [0.1, 0.15) is 12.4 Å². The van der Waals surface area contributed by atoms with Gasteiger partial charge in [-0.2, -0.15) is 0 Å². The van der Waals surface area contributed by atoms with Crippen molar-refractivity contribution in [3.63, 3.8) is 0 Å². The minimum absolute atomic E-state index is 0.112. The van der Waals surface area contributed by atoms with E-state index in [0.29, 0.717) is 27.6 Å². The Morgan fingerprint density at radius 2 is 1.55 bits per heavy atom. The van der Waals surface area contributed by atoms with Gasteiger partial charge in [-0.05, 0) is 67.6 Å². The minimum Gasteiger partial charge on any atom is -0.496 e. The first-order valence-electron chi connectivity index (χ1n) is 9.93. The maximum absolute atomic E-state index is 12.9. The van der Waals surface area contributed by atoms with E-state index in [-0.39, 0.29) is 29.1 Å². The molecule has 0 bridgehead atoms. The van der Waals surface area contributed by atoms with Crippen LogP contribution in [0.3, 0.4) is 0 Å². The summed E-state index contributed by atoms with van der Waals surface area (Å²) in [4.78, 5) is 51.0. The average Bonchev–Trinajstić information content (AvgIpc) is 3.07. The van der Waals surface area contributed by atoms with E-state index in [0.717, 1.165) is 4.90 Å². The number of ketones is 1. The number of carbonyl (C=O) groups is 4. The second kappa shape index (κ2) is 8.88. The third-order valence-electron chi connectivity index (χ3n) is 5.25. The topological polar surface area (TPSA) is 90.0 Å². The zero-order valence-corrected chi connectivity index (χ0v) is 18.5. The van der Waals surface area contributed by atoms with Crippen LogP contribution < -0.4 is 9.64 Å². The molecule has 3 aromatic carbocycles. The first kappa shape index (κ1) is 22.2. The number of fused-ring (bicyclic) bond motifs is 1. The van der Waals surface area contributed by atoms with Crippen LogP contribution >= 0.6 is 11.6 Å². The van der Waals surface area contributed by atoms with Crippen molar-refractivity contribution in [3.05, 3.63) is 93.5 Å². The number of methoxy groups -OCH3 is 1. The predicted octanol–water partition coefficient (Wildman–Crippen LogP) is 4.71. The van der Waals surface area contributed by atoms with Crippen LogP contribution in [0.25, 0.3) is 0 Å². The number of carbonyl (C=O) groups excluding carboxylic acids is 4. The van der Waals surface area contributed by atoms with Gasteiger partial charge in [0.05, 0.1) is 29.5 Å². The number of hydrogen-bond donors (Lipinski definition) is 0. The summed E-state index contributed by atoms with van der Waals surface area (Å²) in [6, 6.07) is 15.4. The van der Waals surface area contributed by atoms with Crippen molar-refractivity contribution in [2.75, 3.05) is 12.0 Å². The number of benzene rings is 3. The van der Waals surface area contributed by atoms with E-state index >= 15 is 0 Å². The number of hydrogen-bond acceptors (Lipinski definition) is 6. The fourth-order valence-corrected chi connectivity index (χ4v) is 3.66. The molecule has 7 nitrogen and oxygen atoms in total. The molecule has 33 heavy (non-hydrogen) atoms. The smallest absolute Gasteiger partial charge is 0.338 e. The number of nitrogens with zero attached hydrogens (tertiary/aromatic N) is 1. The number of amides is 2. The van der Waals surface area contributed by atoms with Gasteiger partial charge >= 0.3 is 5.97 Å². The maximum Gasteiger partial charge on any atom is 0.338 e. The summed E-state index contributed by atoms with van der Waals surface area (Å²) in [5.74, 6) is -1.36. The summed E-state index contributed by atoms with van der Waals surface area (Å²) < 4.78 is 10.7. The molecule has 0 aliphatic carbocycles. The van der Waals surface area contributed by atoms with Gasteiger partial charge in [-0.25, -0.2) is 9.69 Å². The molecule has 1 aliphatic heterocycles. The van der Waals surface area contributed by atoms with E-state index in [9.17, 15) is 19.2 Å². The summed E-state index contributed by atoms with van der Waals surface area (Å²) >= 11 is 5.89. The Morgan fingerprint density at radius 1 is 0.879 bits per heavy atom. The first-order chi connectivity index (χ1) is 15.8. The van der Waals surface area contributed by atoms with Crippen LogP contribution in [0.1, 0.15) is 53.9 Å². The van der Waals surface area contributed by atoms with Crippen molar-refractivity contribution >= 4 is 40.9 Å². The van der Waals surface area contributed by atoms with Gasteiger partial charge in [-0.3, -0.25) is 14.4 Å². The van der Waals surface area contributed by atoms with Crippen LogP contribution in [-0.4, -0.2) is 30.7 Å². The number of Topliss-reactive ketones (excluding diaryl/α,β-unsaturated/α-hetero) is 1. The third kappa shape index (κ3) is 4.23. The second-order valence-electron chi connectivity index (χ2n) is 7.34. The highest BCUT2D eigenvalue weighted by Gasteiger charge is 2.37. The van der Waals surface area contributed by atoms with E-state index in [1.807, 2.05) is 0 Å². The molecule has 0 unspecified atom stereocenters. The van der Waals surface area contributed by atoms with Gasteiger partial charge in [0, 0.05) is 16.1 Å². The molecule has 0 fully saturated rings. The van der Waals surface area contributed by atoms with Crippen molar-refractivity contribution in [2.45, 2.75) is 13.5 Å². The van der Waals surface area contributed by atoms with Crippen LogP contribution in [-0.2, 0) is 11.3 Å². The summed E-state index contributed by atoms with van der Waals surface area (Å²) in [6.07, 6.45) is 0. The van der Waals surface area contributed by atoms with Crippen LogP contribution in [0.2, 0.25) is 5.02 Å². The van der Waals surface area contributed by atoms with E-state index in [1.54, 1.807) is 42.5 Å². The van der Waals surface area contributed by atoms with Crippen molar-refractivity contribution in [2.24, 2.45) is 0 Å². The van der Waals surface area contributed by atoms with Crippen molar-refractivity contribution in [1.29, 1.82) is 0 Å². The molecular formula is C25H18ClNO6. The van der Waals surface area contributed by atoms with E-state index in [2.05, 4.69) is 0 Å². The molecule has 1 aliphatic rings. The Hall–Kier alpha value is -3.97. The van der Waals surface area contributed by atoms with Gasteiger partial charge < -0.3 is 9.47 Å². The average molecular weight is 464 g/mol. The molecule has 3 aromatic rings. The highest BCUT2D eigenvalue weighted by Crippen LogP contribution is 2.30. The van der Waals surface area contributed by atoms with Gasteiger partial charge in [-0.15, -0.1) is 0 Å². The third-order valence-corrected chi connectivity index (χ3v) is 5.50. The number of esters is 1. The molecule has 0 atom stereocenters. The monoisotopic (exact) mass is 463 g/mol. The van der Waals surface area contributed by atoms with E-state index in [4.69, 9.17) is 21.1 Å². The standard InChI is InChI=1S/C25H18ClNO6/c1-14(28)15-4-10-22(32-2)17(11-15)13-33-25(31)16-3-9-20-21(12-16)24(30)27(23(20)29)19-7-5-18(26)6-8-19/h3-12H,13H2,1-2H3. The zero-order chi connectivity index (χ0) is 23.7. The van der Waals surface area contributed by atoms with Gasteiger partial charge in [0.2, 0.25) is 0 Å². The quantitative estimate of drug-likeness (QED) is 0.299. The molecular weight excluding hydrogens is 446 g/mol. The zero-order valence-electron chi connectivity index (χ0n) is 17.8. The van der Waals surface area contributed by atoms with Gasteiger partial charge in [0.15, 0.2) is 5.78 Å². The molecule has 8 heteroatoms. The molecule has 4 rings (SSSR count). The van der Waals surface area contributed by atoms with E-state index < -0.39 is 17.8 Å². The Kier molecular flexibility index (Phi) is 5.98. The molecule has 0 spiro atoms. The van der Waals surface area contributed by atoms with Crippen molar-refractivity contribution < 1.29 is 28.7 Å². The summed E-state index contributed by atoms with van der Waals surface area (Å²) in [7, 11) is 1.48. The lowest BCUT2D eigenvalue weighted by atomic mass is 10.1. The van der Waals surface area contributed by atoms with Crippen LogP contribution in [0.5, 0.6) is 5.75 Å². The highest BCUT2D eigenvalue weighted by molar-refractivity contribution is 6.35. The summed E-state index contributed by atoms with van der Waals surface area (Å²) in [5.41, 5.74) is 1.80. The summed E-state index contributed by atoms with van der Waals surface area (Å²) in [6.45, 7) is 1.30. The van der Waals surface area contributed by atoms with Crippen molar-refractivity contribution in [3.8, 4) is 5.75 Å². The number of rotatable bonds is 6. The molecule has 2 amide bonds. The van der Waals surface area contributed by atoms with Crippen molar-refractivity contribution in [1.82, 2.24) is 0 Å². The maximum atomic E-state index is 12.9. The SMILES string of the molecule is COc1ccc(C(C)=O)cc1COC(=O)c1ccc2c(c1)C(=O)N(c1ccc(Cl)cc1)C2=O. The lowest BCUT2D eigenvalue weighted by Gasteiger charge is -2.13. The minimum atomic E-state index is -0.682. The number of halogens is 1. The van der Waals surface area contributed by atoms with Gasteiger partial charge in [-0.1, -0.05) is 11.6 Å². The Labute approximate surface area is 194 Å². The highest BCUT2D eigenvalue weighted by atomic mass is 35.5. The second-order valence-corrected chi connectivity index (χ2v) is 7.78. The van der Waals surface area contributed by atoms with Gasteiger partial charge in [0.25, 0.3) is 11.8 Å². The van der Waals surface area contributed by atoms with Crippen LogP contribution in [0, 0.1) is 0 Å². The largest absolute Gasteiger partial charge is 0.496 e. The van der Waals surface area contributed by atoms with Crippen LogP contribution in [0.4, 0.5) is 5.69 Å². The number of ether oxygens (including phenoxy) is 2. The molecule has 1 heterocycles. The molecule has 166 valence electrons. The molecule has 0 saturated heterocycles.